The molecule has 0 atom stereocenters. The second kappa shape index (κ2) is 9.99. The Balaban J connectivity index is 1.38. The number of hydrogen-bond acceptors (Lipinski definition) is 5. The number of amides is 2. The van der Waals surface area contributed by atoms with Gasteiger partial charge < -0.3 is 9.13 Å². The number of pyridine rings is 1. The zero-order chi connectivity index (χ0) is 25.1. The maximum absolute atomic E-state index is 13.1. The number of imidazole rings is 2. The molecule has 0 aliphatic carbocycles. The highest BCUT2D eigenvalue weighted by atomic mass is 16.2. The Bertz CT molecular complexity index is 1450. The summed E-state index contributed by atoms with van der Waals surface area (Å²) in [5, 5.41) is 5.73. The van der Waals surface area contributed by atoms with Crippen molar-refractivity contribution in [2.45, 2.75) is 39.8 Å². The number of aryl methyl sites for hydroxylation is 2. The van der Waals surface area contributed by atoms with Crippen molar-refractivity contribution in [3.63, 3.8) is 0 Å². The SMILES string of the molecule is CCCn1c(NC(=O)c2cccc(C(=O)Nc3nc4ccccc4n3CCC)n2)nc2ccccc21. The predicted molar refractivity (Wildman–Crippen MR) is 140 cm³/mol. The molecule has 2 amide bonds. The molecule has 0 aliphatic heterocycles. The lowest BCUT2D eigenvalue weighted by molar-refractivity contribution is 0.101. The first-order valence-electron chi connectivity index (χ1n) is 12.1. The number of rotatable bonds is 8. The molecule has 0 saturated heterocycles. The van der Waals surface area contributed by atoms with Crippen LogP contribution in [-0.2, 0) is 13.1 Å². The summed E-state index contributed by atoms with van der Waals surface area (Å²) in [6, 6.07) is 20.3. The number of aromatic nitrogens is 5. The minimum atomic E-state index is -0.435. The summed E-state index contributed by atoms with van der Waals surface area (Å²) in [6.07, 6.45) is 1.78. The molecule has 0 radical (unpaired) electrons. The lowest BCUT2D eigenvalue weighted by atomic mass is 10.2. The number of anilines is 2. The Morgan fingerprint density at radius 3 is 1.53 bits per heavy atom. The van der Waals surface area contributed by atoms with Gasteiger partial charge in [0, 0.05) is 13.1 Å². The predicted octanol–water partition coefficient (Wildman–Crippen LogP) is 5.11. The van der Waals surface area contributed by atoms with E-state index in [0.29, 0.717) is 25.0 Å². The molecule has 0 bridgehead atoms. The Morgan fingerprint density at radius 1 is 0.639 bits per heavy atom. The molecule has 36 heavy (non-hydrogen) atoms. The number of nitrogens with zero attached hydrogens (tertiary/aromatic N) is 5. The van der Waals surface area contributed by atoms with Crippen LogP contribution < -0.4 is 10.6 Å². The standard InChI is InChI=1S/C27H27N7O2/c1-3-16-33-22-14-7-5-10-18(22)29-26(33)31-24(35)20-12-9-13-21(28-20)25(36)32-27-30-19-11-6-8-15-23(19)34(27)17-4-2/h5-15H,3-4,16-17H2,1-2H3,(H,29,31,35)(H,30,32,36). The van der Waals surface area contributed by atoms with E-state index in [1.807, 2.05) is 57.7 Å². The van der Waals surface area contributed by atoms with Crippen molar-refractivity contribution in [1.82, 2.24) is 24.1 Å². The van der Waals surface area contributed by atoms with Crippen molar-refractivity contribution in [3.05, 3.63) is 78.1 Å². The van der Waals surface area contributed by atoms with Gasteiger partial charge in [-0.3, -0.25) is 20.2 Å². The molecule has 0 unspecified atom stereocenters. The van der Waals surface area contributed by atoms with E-state index in [4.69, 9.17) is 0 Å². The summed E-state index contributed by atoms with van der Waals surface area (Å²) in [6.45, 7) is 5.56. The first-order valence-corrected chi connectivity index (χ1v) is 12.1. The van der Waals surface area contributed by atoms with Crippen LogP contribution in [0.25, 0.3) is 22.1 Å². The smallest absolute Gasteiger partial charge is 0.276 e. The maximum atomic E-state index is 13.1. The second-order valence-electron chi connectivity index (χ2n) is 8.47. The first-order chi connectivity index (χ1) is 17.6. The fraction of sp³-hybridized carbons (Fsp3) is 0.222. The molecule has 5 aromatic rings. The van der Waals surface area contributed by atoms with Gasteiger partial charge in [0.2, 0.25) is 11.9 Å². The number of carbonyl (C=O) groups excluding carboxylic acids is 2. The van der Waals surface area contributed by atoms with Gasteiger partial charge >= 0.3 is 0 Å². The molecule has 2 N–H and O–H groups in total. The van der Waals surface area contributed by atoms with E-state index in [1.54, 1.807) is 18.2 Å². The van der Waals surface area contributed by atoms with Gasteiger partial charge in [0.15, 0.2) is 0 Å². The van der Waals surface area contributed by atoms with Gasteiger partial charge in [-0.1, -0.05) is 44.2 Å². The van der Waals surface area contributed by atoms with Crippen LogP contribution in [-0.4, -0.2) is 35.9 Å². The molecule has 0 aliphatic rings. The summed E-state index contributed by atoms with van der Waals surface area (Å²) >= 11 is 0. The van der Waals surface area contributed by atoms with E-state index >= 15 is 0 Å². The Hall–Kier alpha value is -4.53. The van der Waals surface area contributed by atoms with Crippen molar-refractivity contribution in [3.8, 4) is 0 Å². The van der Waals surface area contributed by atoms with Crippen LogP contribution in [0, 0.1) is 0 Å². The van der Waals surface area contributed by atoms with Crippen LogP contribution in [0.5, 0.6) is 0 Å². The summed E-state index contributed by atoms with van der Waals surface area (Å²) in [5.74, 6) is 0.0343. The van der Waals surface area contributed by atoms with E-state index in [2.05, 4.69) is 39.4 Å². The third-order valence-electron chi connectivity index (χ3n) is 5.87. The van der Waals surface area contributed by atoms with Crippen LogP contribution in [0.3, 0.4) is 0 Å². The number of para-hydroxylation sites is 4. The van der Waals surface area contributed by atoms with Crippen LogP contribution >= 0.6 is 0 Å². The van der Waals surface area contributed by atoms with Gasteiger partial charge in [0.1, 0.15) is 11.4 Å². The topological polar surface area (TPSA) is 107 Å². The van der Waals surface area contributed by atoms with Crippen LogP contribution in [0.2, 0.25) is 0 Å². The van der Waals surface area contributed by atoms with Crippen molar-refractivity contribution in [1.29, 1.82) is 0 Å². The maximum Gasteiger partial charge on any atom is 0.276 e. The zero-order valence-corrected chi connectivity index (χ0v) is 20.2. The Labute approximate surface area is 208 Å². The largest absolute Gasteiger partial charge is 0.310 e. The lowest BCUT2D eigenvalue weighted by Gasteiger charge is -2.10. The quantitative estimate of drug-likeness (QED) is 0.320. The van der Waals surface area contributed by atoms with Gasteiger partial charge in [0.05, 0.1) is 22.1 Å². The fourth-order valence-corrected chi connectivity index (χ4v) is 4.26. The van der Waals surface area contributed by atoms with Crippen molar-refractivity contribution < 1.29 is 9.59 Å². The van der Waals surface area contributed by atoms with E-state index in [1.165, 1.54) is 0 Å². The molecule has 0 fully saturated rings. The van der Waals surface area contributed by atoms with Crippen molar-refractivity contribution >= 4 is 45.8 Å². The van der Waals surface area contributed by atoms with E-state index in [-0.39, 0.29) is 11.4 Å². The molecule has 3 aromatic heterocycles. The van der Waals surface area contributed by atoms with Crippen LogP contribution in [0.15, 0.2) is 66.7 Å². The third-order valence-corrected chi connectivity index (χ3v) is 5.87. The summed E-state index contributed by atoms with van der Waals surface area (Å²) in [7, 11) is 0. The third kappa shape index (κ3) is 4.43. The monoisotopic (exact) mass is 481 g/mol. The fourth-order valence-electron chi connectivity index (χ4n) is 4.26. The number of benzene rings is 2. The number of carbonyl (C=O) groups is 2. The molecular formula is C27H27N7O2. The van der Waals surface area contributed by atoms with Gasteiger partial charge in [-0.15, -0.1) is 0 Å². The highest BCUT2D eigenvalue weighted by molar-refractivity contribution is 6.06. The summed E-state index contributed by atoms with van der Waals surface area (Å²) < 4.78 is 3.95. The zero-order valence-electron chi connectivity index (χ0n) is 20.2. The van der Waals surface area contributed by atoms with E-state index < -0.39 is 11.8 Å². The van der Waals surface area contributed by atoms with Gasteiger partial charge in [-0.05, 0) is 49.2 Å². The van der Waals surface area contributed by atoms with Gasteiger partial charge in [-0.25, -0.2) is 15.0 Å². The van der Waals surface area contributed by atoms with E-state index in [9.17, 15) is 9.59 Å². The second-order valence-corrected chi connectivity index (χ2v) is 8.47. The van der Waals surface area contributed by atoms with Crippen molar-refractivity contribution in [2.75, 3.05) is 10.6 Å². The van der Waals surface area contributed by atoms with Crippen LogP contribution in [0.1, 0.15) is 47.7 Å². The lowest BCUT2D eigenvalue weighted by Crippen LogP contribution is -2.21. The summed E-state index contributed by atoms with van der Waals surface area (Å²) in [4.78, 5) is 39.6. The molecular weight excluding hydrogens is 454 g/mol. The van der Waals surface area contributed by atoms with E-state index in [0.717, 1.165) is 34.9 Å². The normalized spacial score (nSPS) is 11.2. The summed E-state index contributed by atoms with van der Waals surface area (Å²) in [5.41, 5.74) is 3.76. The Kier molecular flexibility index (Phi) is 6.44. The minimum absolute atomic E-state index is 0.125. The molecule has 3 heterocycles. The molecule has 182 valence electrons. The highest BCUT2D eigenvalue weighted by Crippen LogP contribution is 2.22. The molecule has 0 spiro atoms. The number of nitrogens with one attached hydrogen (secondary N) is 2. The highest BCUT2D eigenvalue weighted by Gasteiger charge is 2.18. The average Bonchev–Trinajstić information content (AvgIpc) is 3.42. The number of hydrogen-bond donors (Lipinski definition) is 2. The first kappa shape index (κ1) is 23.2. The molecule has 9 nitrogen and oxygen atoms in total. The molecule has 0 saturated carbocycles. The minimum Gasteiger partial charge on any atom is -0.310 e. The van der Waals surface area contributed by atoms with Gasteiger partial charge in [-0.2, -0.15) is 0 Å². The Morgan fingerprint density at radius 2 is 1.08 bits per heavy atom. The van der Waals surface area contributed by atoms with Gasteiger partial charge in [0.25, 0.3) is 11.8 Å². The molecule has 9 heteroatoms. The average molecular weight is 482 g/mol. The van der Waals surface area contributed by atoms with Crippen molar-refractivity contribution in [2.24, 2.45) is 0 Å². The number of fused-ring (bicyclic) bond motifs is 2. The van der Waals surface area contributed by atoms with Crippen LogP contribution in [0.4, 0.5) is 11.9 Å². The molecule has 5 rings (SSSR count). The molecule has 2 aromatic carbocycles.